The van der Waals surface area contributed by atoms with E-state index in [1.54, 1.807) is 6.07 Å². The zero-order chi connectivity index (χ0) is 18.9. The standard InChI is InChI=1S/C22H29ClN2O/c1-13-6-15(23)7-17-19(13)24-14(2)18(20(17)26)10-25-12-22(5)9-16(25)8-21(3,4)11-22/h6-7,16H,8-12H2,1-5H3,(H,24,26)/t16-,22-/m0/s1. The number of aryl methyl sites for hydroxylation is 2. The molecule has 1 saturated heterocycles. The van der Waals surface area contributed by atoms with Crippen molar-refractivity contribution in [3.63, 3.8) is 0 Å². The second-order valence-corrected chi connectivity index (χ2v) is 10.3. The van der Waals surface area contributed by atoms with Crippen LogP contribution < -0.4 is 5.43 Å². The van der Waals surface area contributed by atoms with E-state index in [0.29, 0.717) is 27.3 Å². The molecule has 140 valence electrons. The van der Waals surface area contributed by atoms with E-state index in [9.17, 15) is 4.79 Å². The van der Waals surface area contributed by atoms with Gasteiger partial charge in [0.1, 0.15) is 0 Å². The van der Waals surface area contributed by atoms with Gasteiger partial charge in [-0.1, -0.05) is 32.4 Å². The lowest BCUT2D eigenvalue weighted by atomic mass is 9.65. The lowest BCUT2D eigenvalue weighted by Gasteiger charge is -2.40. The van der Waals surface area contributed by atoms with Crippen LogP contribution in [0.25, 0.3) is 10.9 Å². The Morgan fingerprint density at radius 1 is 1.23 bits per heavy atom. The van der Waals surface area contributed by atoms with Crippen molar-refractivity contribution in [2.45, 2.75) is 66.5 Å². The fraction of sp³-hybridized carbons (Fsp3) is 0.591. The zero-order valence-corrected chi connectivity index (χ0v) is 17.3. The van der Waals surface area contributed by atoms with Gasteiger partial charge in [0.15, 0.2) is 5.43 Å². The molecule has 0 spiro atoms. The summed E-state index contributed by atoms with van der Waals surface area (Å²) in [5, 5.41) is 1.34. The Bertz CT molecular complexity index is 945. The Labute approximate surface area is 160 Å². The van der Waals surface area contributed by atoms with Gasteiger partial charge < -0.3 is 4.98 Å². The van der Waals surface area contributed by atoms with Crippen LogP contribution in [0.3, 0.4) is 0 Å². The largest absolute Gasteiger partial charge is 0.358 e. The summed E-state index contributed by atoms with van der Waals surface area (Å²) >= 11 is 6.22. The molecule has 1 aliphatic heterocycles. The fourth-order valence-electron chi connectivity index (χ4n) is 5.84. The fourth-order valence-corrected chi connectivity index (χ4v) is 6.11. The number of pyridine rings is 1. The monoisotopic (exact) mass is 372 g/mol. The first kappa shape index (κ1) is 18.1. The molecule has 0 unspecified atom stereocenters. The van der Waals surface area contributed by atoms with Gasteiger partial charge in [0.25, 0.3) is 0 Å². The number of hydrogen-bond donors (Lipinski definition) is 1. The predicted octanol–water partition coefficient (Wildman–Crippen LogP) is 5.20. The van der Waals surface area contributed by atoms with E-state index in [1.165, 1.54) is 19.3 Å². The van der Waals surface area contributed by atoms with Crippen molar-refractivity contribution in [1.29, 1.82) is 0 Å². The van der Waals surface area contributed by atoms with Crippen molar-refractivity contribution < 1.29 is 0 Å². The van der Waals surface area contributed by atoms with Crippen LogP contribution >= 0.6 is 11.6 Å². The Morgan fingerprint density at radius 3 is 2.69 bits per heavy atom. The smallest absolute Gasteiger partial charge is 0.194 e. The number of rotatable bonds is 2. The maximum Gasteiger partial charge on any atom is 0.194 e. The van der Waals surface area contributed by atoms with Crippen molar-refractivity contribution in [3.05, 3.63) is 44.2 Å². The molecule has 4 heteroatoms. The van der Waals surface area contributed by atoms with Gasteiger partial charge in [-0.15, -0.1) is 0 Å². The summed E-state index contributed by atoms with van der Waals surface area (Å²) in [6, 6.07) is 4.29. The van der Waals surface area contributed by atoms with E-state index in [1.807, 2.05) is 19.9 Å². The van der Waals surface area contributed by atoms with E-state index < -0.39 is 0 Å². The van der Waals surface area contributed by atoms with Crippen LogP contribution in [0.1, 0.15) is 56.9 Å². The Kier molecular flexibility index (Phi) is 4.06. The molecule has 2 atom stereocenters. The number of aromatic amines is 1. The van der Waals surface area contributed by atoms with Crippen molar-refractivity contribution in [3.8, 4) is 0 Å². The average Bonchev–Trinajstić information content (AvgIpc) is 2.73. The molecule has 3 nitrogen and oxygen atoms in total. The minimum absolute atomic E-state index is 0.132. The van der Waals surface area contributed by atoms with Gasteiger partial charge in [-0.3, -0.25) is 9.69 Å². The van der Waals surface area contributed by atoms with Crippen LogP contribution in [0, 0.1) is 24.7 Å². The molecule has 2 fully saturated rings. The summed E-state index contributed by atoms with van der Waals surface area (Å²) in [6.45, 7) is 13.0. The minimum Gasteiger partial charge on any atom is -0.358 e. The van der Waals surface area contributed by atoms with Crippen molar-refractivity contribution in [2.75, 3.05) is 6.54 Å². The van der Waals surface area contributed by atoms with Crippen LogP contribution in [-0.2, 0) is 6.54 Å². The predicted molar refractivity (Wildman–Crippen MR) is 109 cm³/mol. The summed E-state index contributed by atoms with van der Waals surface area (Å²) in [5.41, 5.74) is 4.71. The van der Waals surface area contributed by atoms with Crippen LogP contribution in [0.15, 0.2) is 16.9 Å². The molecule has 1 N–H and O–H groups in total. The zero-order valence-electron chi connectivity index (χ0n) is 16.5. The highest BCUT2D eigenvalue weighted by Crippen LogP contribution is 2.52. The van der Waals surface area contributed by atoms with Gasteiger partial charge in [-0.25, -0.2) is 0 Å². The number of H-pyrrole nitrogens is 1. The van der Waals surface area contributed by atoms with Crippen molar-refractivity contribution >= 4 is 22.5 Å². The van der Waals surface area contributed by atoms with E-state index >= 15 is 0 Å². The second-order valence-electron chi connectivity index (χ2n) is 9.82. The molecular weight excluding hydrogens is 344 g/mol. The molecule has 1 aromatic carbocycles. The van der Waals surface area contributed by atoms with Crippen LogP contribution in [0.5, 0.6) is 0 Å². The highest BCUT2D eigenvalue weighted by molar-refractivity contribution is 6.31. The van der Waals surface area contributed by atoms with E-state index in [-0.39, 0.29) is 5.43 Å². The average molecular weight is 373 g/mol. The van der Waals surface area contributed by atoms with E-state index in [4.69, 9.17) is 11.6 Å². The lowest BCUT2D eigenvalue weighted by molar-refractivity contribution is 0.126. The van der Waals surface area contributed by atoms with Crippen LogP contribution in [0.4, 0.5) is 0 Å². The molecule has 1 aromatic heterocycles. The topological polar surface area (TPSA) is 36.1 Å². The number of nitrogens with zero attached hydrogens (tertiary/aromatic N) is 1. The molecule has 1 saturated carbocycles. The quantitative estimate of drug-likeness (QED) is 0.786. The summed E-state index contributed by atoms with van der Waals surface area (Å²) in [5.74, 6) is 0. The lowest BCUT2D eigenvalue weighted by Crippen LogP contribution is -2.35. The third-order valence-corrected chi connectivity index (χ3v) is 6.69. The summed E-state index contributed by atoms with van der Waals surface area (Å²) in [6.07, 6.45) is 3.75. The number of nitrogens with one attached hydrogen (secondary N) is 1. The van der Waals surface area contributed by atoms with Gasteiger partial charge in [-0.05, 0) is 61.6 Å². The van der Waals surface area contributed by atoms with Gasteiger partial charge in [0.2, 0.25) is 0 Å². The van der Waals surface area contributed by atoms with Crippen molar-refractivity contribution in [2.24, 2.45) is 10.8 Å². The Hall–Kier alpha value is -1.32. The molecule has 2 aromatic rings. The number of benzene rings is 1. The molecule has 1 aliphatic carbocycles. The van der Waals surface area contributed by atoms with Gasteiger partial charge >= 0.3 is 0 Å². The third kappa shape index (κ3) is 2.99. The van der Waals surface area contributed by atoms with E-state index in [0.717, 1.165) is 35.4 Å². The first-order valence-electron chi connectivity index (χ1n) is 9.63. The van der Waals surface area contributed by atoms with Gasteiger partial charge in [0.05, 0.1) is 5.52 Å². The van der Waals surface area contributed by atoms with Crippen LogP contribution in [-0.4, -0.2) is 22.5 Å². The van der Waals surface area contributed by atoms with Crippen molar-refractivity contribution in [1.82, 2.24) is 9.88 Å². The Morgan fingerprint density at radius 2 is 1.96 bits per heavy atom. The molecule has 2 bridgehead atoms. The normalized spacial score (nSPS) is 28.0. The van der Waals surface area contributed by atoms with Gasteiger partial charge in [-0.2, -0.15) is 0 Å². The molecule has 4 rings (SSSR count). The summed E-state index contributed by atoms with van der Waals surface area (Å²) in [4.78, 5) is 19.3. The number of hydrogen-bond acceptors (Lipinski definition) is 2. The molecule has 0 amide bonds. The highest BCUT2D eigenvalue weighted by Gasteiger charge is 2.49. The molecule has 2 heterocycles. The second kappa shape index (κ2) is 5.84. The first-order valence-corrected chi connectivity index (χ1v) is 10.0. The van der Waals surface area contributed by atoms with Gasteiger partial charge in [0, 0.05) is 40.8 Å². The SMILES string of the molecule is Cc1[nH]c2c(C)cc(Cl)cc2c(=O)c1CN1C[C@@]2(C)C[C@@H]1CC(C)(C)C2. The Balaban J connectivity index is 1.74. The molecular formula is C22H29ClN2O. The first-order chi connectivity index (χ1) is 12.1. The molecule has 0 radical (unpaired) electrons. The minimum atomic E-state index is 0.132. The summed E-state index contributed by atoms with van der Waals surface area (Å²) < 4.78 is 0. The molecule has 26 heavy (non-hydrogen) atoms. The summed E-state index contributed by atoms with van der Waals surface area (Å²) in [7, 11) is 0. The highest BCUT2D eigenvalue weighted by atomic mass is 35.5. The van der Waals surface area contributed by atoms with E-state index in [2.05, 4.69) is 30.7 Å². The maximum atomic E-state index is 13.2. The van der Waals surface area contributed by atoms with Crippen LogP contribution in [0.2, 0.25) is 5.02 Å². The number of likely N-dealkylation sites (tertiary alicyclic amines) is 1. The number of fused-ring (bicyclic) bond motifs is 3. The maximum absolute atomic E-state index is 13.2. The number of aromatic nitrogens is 1. The number of halogens is 1. The molecule has 2 aliphatic rings. The third-order valence-electron chi connectivity index (χ3n) is 6.47.